The summed E-state index contributed by atoms with van der Waals surface area (Å²) in [6.45, 7) is 0.0481. The van der Waals surface area contributed by atoms with Gasteiger partial charge in [0.1, 0.15) is 12.4 Å². The van der Waals surface area contributed by atoms with Gasteiger partial charge in [0.15, 0.2) is 17.4 Å². The van der Waals surface area contributed by atoms with Crippen LogP contribution in [0.1, 0.15) is 12.8 Å². The maximum Gasteiger partial charge on any atom is 0.190 e. The van der Waals surface area contributed by atoms with Gasteiger partial charge in [-0.15, -0.1) is 12.4 Å². The molecule has 1 aromatic carbocycles. The summed E-state index contributed by atoms with van der Waals surface area (Å²) in [5.41, 5.74) is 5.22. The lowest BCUT2D eigenvalue weighted by molar-refractivity contribution is 0.253. The standard InChI is InChI=1S/C10H10F3NO.ClH/c11-6-3-7(12)9(8(13)4-6)15-5-10(14)1-2-10;/h3-4H,1-2,5,14H2;1H. The van der Waals surface area contributed by atoms with Gasteiger partial charge in [-0.05, 0) is 12.8 Å². The van der Waals surface area contributed by atoms with Crippen LogP contribution in [0.2, 0.25) is 0 Å². The second-order valence-electron chi connectivity index (χ2n) is 3.85. The third-order valence-electron chi connectivity index (χ3n) is 2.36. The van der Waals surface area contributed by atoms with Crippen LogP contribution in [-0.2, 0) is 0 Å². The zero-order valence-corrected chi connectivity index (χ0v) is 9.12. The minimum absolute atomic E-state index is 0. The molecule has 0 saturated heterocycles. The van der Waals surface area contributed by atoms with E-state index in [1.165, 1.54) is 0 Å². The molecule has 2 N–H and O–H groups in total. The lowest BCUT2D eigenvalue weighted by Crippen LogP contribution is -2.30. The van der Waals surface area contributed by atoms with Gasteiger partial charge in [0.25, 0.3) is 0 Å². The van der Waals surface area contributed by atoms with Crippen molar-refractivity contribution in [1.82, 2.24) is 0 Å². The highest BCUT2D eigenvalue weighted by Crippen LogP contribution is 2.33. The van der Waals surface area contributed by atoms with E-state index in [1.807, 2.05) is 0 Å². The summed E-state index contributed by atoms with van der Waals surface area (Å²) in [5.74, 6) is -3.62. The first-order chi connectivity index (χ1) is 7.00. The first-order valence-corrected chi connectivity index (χ1v) is 4.56. The molecule has 6 heteroatoms. The summed E-state index contributed by atoms with van der Waals surface area (Å²) in [6.07, 6.45) is 1.55. The molecule has 90 valence electrons. The Bertz CT molecular complexity index is 373. The molecule has 1 aliphatic rings. The molecule has 1 aliphatic carbocycles. The Balaban J connectivity index is 0.00000128. The number of nitrogens with two attached hydrogens (primary N) is 1. The molecule has 0 amide bonds. The normalized spacial score (nSPS) is 16.5. The molecular formula is C10H11ClF3NO. The van der Waals surface area contributed by atoms with E-state index in [0.29, 0.717) is 12.1 Å². The fourth-order valence-electron chi connectivity index (χ4n) is 1.19. The molecule has 16 heavy (non-hydrogen) atoms. The van der Waals surface area contributed by atoms with Crippen LogP contribution in [0.4, 0.5) is 13.2 Å². The molecule has 0 radical (unpaired) electrons. The van der Waals surface area contributed by atoms with Gasteiger partial charge in [0, 0.05) is 12.1 Å². The maximum atomic E-state index is 13.1. The van der Waals surface area contributed by atoms with E-state index in [2.05, 4.69) is 0 Å². The van der Waals surface area contributed by atoms with Gasteiger partial charge in [-0.3, -0.25) is 0 Å². The van der Waals surface area contributed by atoms with E-state index in [1.54, 1.807) is 0 Å². The van der Waals surface area contributed by atoms with Gasteiger partial charge in [-0.2, -0.15) is 0 Å². The zero-order valence-electron chi connectivity index (χ0n) is 8.30. The highest BCUT2D eigenvalue weighted by Gasteiger charge is 2.39. The Hall–Kier alpha value is -0.940. The van der Waals surface area contributed by atoms with Crippen molar-refractivity contribution in [3.05, 3.63) is 29.6 Å². The first-order valence-electron chi connectivity index (χ1n) is 4.56. The van der Waals surface area contributed by atoms with Crippen molar-refractivity contribution in [2.45, 2.75) is 18.4 Å². The van der Waals surface area contributed by atoms with Crippen LogP contribution in [0.15, 0.2) is 12.1 Å². The molecule has 1 fully saturated rings. The molecule has 0 aromatic heterocycles. The lowest BCUT2D eigenvalue weighted by Gasteiger charge is -2.12. The van der Waals surface area contributed by atoms with Crippen LogP contribution < -0.4 is 10.5 Å². The van der Waals surface area contributed by atoms with Crippen LogP contribution in [0.25, 0.3) is 0 Å². The van der Waals surface area contributed by atoms with Crippen LogP contribution in [-0.4, -0.2) is 12.1 Å². The Morgan fingerprint density at radius 2 is 1.69 bits per heavy atom. The minimum atomic E-state index is -1.04. The van der Waals surface area contributed by atoms with Gasteiger partial charge in [-0.25, -0.2) is 13.2 Å². The summed E-state index contributed by atoms with van der Waals surface area (Å²) < 4.78 is 43.6. The highest BCUT2D eigenvalue weighted by atomic mass is 35.5. The summed E-state index contributed by atoms with van der Waals surface area (Å²) in [6, 6.07) is 1.16. The van der Waals surface area contributed by atoms with E-state index >= 15 is 0 Å². The van der Waals surface area contributed by atoms with Crippen molar-refractivity contribution in [3.63, 3.8) is 0 Å². The summed E-state index contributed by atoms with van der Waals surface area (Å²) in [5, 5.41) is 0. The van der Waals surface area contributed by atoms with Crippen LogP contribution in [0, 0.1) is 17.5 Å². The monoisotopic (exact) mass is 253 g/mol. The first kappa shape index (κ1) is 13.1. The average Bonchev–Trinajstić information content (AvgIpc) is 2.82. The molecule has 0 unspecified atom stereocenters. The molecule has 0 aliphatic heterocycles. The van der Waals surface area contributed by atoms with Crippen molar-refractivity contribution >= 4 is 12.4 Å². The average molecular weight is 254 g/mol. The SMILES string of the molecule is Cl.NC1(COc2c(F)cc(F)cc2F)CC1. The van der Waals surface area contributed by atoms with E-state index in [-0.39, 0.29) is 19.0 Å². The molecule has 2 rings (SSSR count). The maximum absolute atomic E-state index is 13.1. The molecule has 1 aromatic rings. The number of hydrogen-bond acceptors (Lipinski definition) is 2. The number of halogens is 4. The van der Waals surface area contributed by atoms with E-state index in [4.69, 9.17) is 10.5 Å². The topological polar surface area (TPSA) is 35.2 Å². The fourth-order valence-corrected chi connectivity index (χ4v) is 1.19. The van der Waals surface area contributed by atoms with Gasteiger partial charge in [0.2, 0.25) is 0 Å². The van der Waals surface area contributed by atoms with Crippen molar-refractivity contribution in [1.29, 1.82) is 0 Å². The second-order valence-corrected chi connectivity index (χ2v) is 3.85. The second kappa shape index (κ2) is 4.51. The minimum Gasteiger partial charge on any atom is -0.486 e. The van der Waals surface area contributed by atoms with Gasteiger partial charge in [0.05, 0.1) is 5.54 Å². The van der Waals surface area contributed by atoms with E-state index < -0.39 is 28.7 Å². The third-order valence-corrected chi connectivity index (χ3v) is 2.36. The lowest BCUT2D eigenvalue weighted by atomic mass is 10.3. The van der Waals surface area contributed by atoms with Crippen molar-refractivity contribution in [2.24, 2.45) is 5.73 Å². The zero-order chi connectivity index (χ0) is 11.1. The predicted octanol–water partition coefficient (Wildman–Crippen LogP) is 2.40. The summed E-state index contributed by atoms with van der Waals surface area (Å²) >= 11 is 0. The largest absolute Gasteiger partial charge is 0.486 e. The van der Waals surface area contributed by atoms with Crippen molar-refractivity contribution in [3.8, 4) is 5.75 Å². The van der Waals surface area contributed by atoms with E-state index in [9.17, 15) is 13.2 Å². The van der Waals surface area contributed by atoms with Crippen LogP contribution in [0.3, 0.4) is 0 Å². The molecule has 2 nitrogen and oxygen atoms in total. The van der Waals surface area contributed by atoms with Gasteiger partial charge in [-0.1, -0.05) is 0 Å². The number of ether oxygens (including phenoxy) is 1. The molecule has 0 bridgehead atoms. The van der Waals surface area contributed by atoms with Crippen molar-refractivity contribution in [2.75, 3.05) is 6.61 Å². The van der Waals surface area contributed by atoms with Crippen molar-refractivity contribution < 1.29 is 17.9 Å². The van der Waals surface area contributed by atoms with Crippen LogP contribution >= 0.6 is 12.4 Å². The van der Waals surface area contributed by atoms with Gasteiger partial charge < -0.3 is 10.5 Å². The molecule has 0 heterocycles. The molecular weight excluding hydrogens is 243 g/mol. The summed E-state index contributed by atoms with van der Waals surface area (Å²) in [4.78, 5) is 0. The molecule has 0 atom stereocenters. The smallest absolute Gasteiger partial charge is 0.190 e. The Kier molecular flexibility index (Phi) is 3.70. The van der Waals surface area contributed by atoms with Crippen LogP contribution in [0.5, 0.6) is 5.75 Å². The number of rotatable bonds is 3. The third kappa shape index (κ3) is 2.80. The Labute approximate surface area is 97.0 Å². The Morgan fingerprint density at radius 1 is 1.19 bits per heavy atom. The number of benzene rings is 1. The Morgan fingerprint density at radius 3 is 2.12 bits per heavy atom. The molecule has 0 spiro atoms. The van der Waals surface area contributed by atoms with Gasteiger partial charge >= 0.3 is 0 Å². The predicted molar refractivity (Wildman–Crippen MR) is 55.2 cm³/mol. The van der Waals surface area contributed by atoms with E-state index in [0.717, 1.165) is 12.8 Å². The fraction of sp³-hybridized carbons (Fsp3) is 0.400. The highest BCUT2D eigenvalue weighted by molar-refractivity contribution is 5.85. The number of hydrogen-bond donors (Lipinski definition) is 1. The quantitative estimate of drug-likeness (QED) is 0.898. The summed E-state index contributed by atoms with van der Waals surface area (Å²) in [7, 11) is 0. The molecule has 1 saturated carbocycles.